The van der Waals surface area contributed by atoms with Crippen molar-refractivity contribution in [2.24, 2.45) is 11.8 Å². The summed E-state index contributed by atoms with van der Waals surface area (Å²) in [6.07, 6.45) is 5.71. The average Bonchev–Trinajstić information content (AvgIpc) is 3.31. The molecule has 32 heavy (non-hydrogen) atoms. The van der Waals surface area contributed by atoms with Gasteiger partial charge in [-0.15, -0.1) is 0 Å². The lowest BCUT2D eigenvalue weighted by Gasteiger charge is -2.14. The quantitative estimate of drug-likeness (QED) is 0.260. The maximum Gasteiger partial charge on any atom is 0.308 e. The van der Waals surface area contributed by atoms with Gasteiger partial charge in [0.2, 0.25) is 11.8 Å². The molecule has 1 aliphatic heterocycles. The first-order valence-corrected chi connectivity index (χ1v) is 10.9. The maximum absolute atomic E-state index is 12.6. The number of rotatable bonds is 6. The summed E-state index contributed by atoms with van der Waals surface area (Å²) in [6.45, 7) is -0.371. The van der Waals surface area contributed by atoms with Crippen molar-refractivity contribution in [1.82, 2.24) is 4.90 Å². The molecule has 0 bridgehead atoms. The first kappa shape index (κ1) is 20.4. The summed E-state index contributed by atoms with van der Waals surface area (Å²) in [5, 5.41) is 0. The smallest absolute Gasteiger partial charge is 0.308 e. The second kappa shape index (κ2) is 8.19. The van der Waals surface area contributed by atoms with Crippen LogP contribution in [0.25, 0.3) is 11.1 Å². The van der Waals surface area contributed by atoms with E-state index in [1.54, 1.807) is 6.07 Å². The van der Waals surface area contributed by atoms with E-state index in [9.17, 15) is 19.2 Å². The highest BCUT2D eigenvalue weighted by Crippen LogP contribution is 2.37. The number of carbonyl (C=O) groups excluding carboxylic acids is 4. The zero-order chi connectivity index (χ0) is 22.2. The van der Waals surface area contributed by atoms with Gasteiger partial charge in [-0.3, -0.25) is 24.1 Å². The van der Waals surface area contributed by atoms with Gasteiger partial charge in [0.05, 0.1) is 18.3 Å². The fourth-order valence-electron chi connectivity index (χ4n) is 4.89. The number of hydrogen-bond acceptors (Lipinski definition) is 5. The lowest BCUT2D eigenvalue weighted by molar-refractivity contribution is -0.145. The number of imide groups is 1. The van der Waals surface area contributed by atoms with Crippen molar-refractivity contribution < 1.29 is 23.9 Å². The van der Waals surface area contributed by atoms with E-state index in [4.69, 9.17) is 4.74 Å². The van der Waals surface area contributed by atoms with Crippen molar-refractivity contribution in [1.29, 1.82) is 0 Å². The van der Waals surface area contributed by atoms with E-state index >= 15 is 0 Å². The summed E-state index contributed by atoms with van der Waals surface area (Å²) in [6, 6.07) is 13.7. The highest BCUT2D eigenvalue weighted by atomic mass is 16.5. The van der Waals surface area contributed by atoms with Crippen LogP contribution < -0.4 is 0 Å². The van der Waals surface area contributed by atoms with E-state index in [1.165, 1.54) is 16.0 Å². The molecule has 1 fully saturated rings. The van der Waals surface area contributed by atoms with Crippen molar-refractivity contribution in [3.63, 3.8) is 0 Å². The number of Topliss-reactive ketones (excluding diaryl/α,β-unsaturated/α-hetero) is 1. The molecule has 1 saturated heterocycles. The molecular formula is C26H23NO5. The highest BCUT2D eigenvalue weighted by Gasteiger charge is 2.46. The predicted molar refractivity (Wildman–Crippen MR) is 117 cm³/mol. The van der Waals surface area contributed by atoms with E-state index < -0.39 is 5.97 Å². The van der Waals surface area contributed by atoms with Crippen molar-refractivity contribution in [3.05, 3.63) is 71.3 Å². The zero-order valence-corrected chi connectivity index (χ0v) is 17.6. The van der Waals surface area contributed by atoms with Gasteiger partial charge in [-0.2, -0.15) is 0 Å². The average molecular weight is 429 g/mol. The van der Waals surface area contributed by atoms with Gasteiger partial charge in [0.15, 0.2) is 12.4 Å². The summed E-state index contributed by atoms with van der Waals surface area (Å²) >= 11 is 0. The Balaban J connectivity index is 1.16. The van der Waals surface area contributed by atoms with Gasteiger partial charge in [0.25, 0.3) is 0 Å². The number of carbonyl (C=O) groups is 4. The molecule has 6 nitrogen and oxygen atoms in total. The van der Waals surface area contributed by atoms with Crippen LogP contribution in [0, 0.1) is 11.8 Å². The summed E-state index contributed by atoms with van der Waals surface area (Å²) in [7, 11) is 0. The molecule has 162 valence electrons. The van der Waals surface area contributed by atoms with Gasteiger partial charge in [-0.25, -0.2) is 0 Å². The van der Waals surface area contributed by atoms with Crippen LogP contribution in [0.3, 0.4) is 0 Å². The largest absolute Gasteiger partial charge is 0.457 e. The van der Waals surface area contributed by atoms with Crippen LogP contribution in [0.2, 0.25) is 0 Å². The third-order valence-electron chi connectivity index (χ3n) is 6.62. The highest BCUT2D eigenvalue weighted by molar-refractivity contribution is 6.05. The van der Waals surface area contributed by atoms with Crippen molar-refractivity contribution >= 4 is 23.6 Å². The molecule has 0 saturated carbocycles. The number of ether oxygens (including phenoxy) is 1. The van der Waals surface area contributed by atoms with Crippen molar-refractivity contribution in [2.75, 3.05) is 13.2 Å². The Morgan fingerprint density at radius 1 is 0.906 bits per heavy atom. The predicted octanol–water partition coefficient (Wildman–Crippen LogP) is 3.33. The normalized spacial score (nSPS) is 20.7. The minimum Gasteiger partial charge on any atom is -0.457 e. The molecular weight excluding hydrogens is 406 g/mol. The number of ketones is 1. The summed E-state index contributed by atoms with van der Waals surface area (Å²) in [4.78, 5) is 50.9. The second-order valence-corrected chi connectivity index (χ2v) is 8.52. The lowest BCUT2D eigenvalue weighted by Crippen LogP contribution is -2.33. The number of nitrogens with zero attached hydrogens (tertiary/aromatic N) is 1. The number of allylic oxidation sites excluding steroid dienone is 2. The van der Waals surface area contributed by atoms with Crippen LogP contribution in [0.1, 0.15) is 40.7 Å². The van der Waals surface area contributed by atoms with E-state index in [-0.39, 0.29) is 49.0 Å². The molecule has 2 atom stereocenters. The Labute approximate surface area is 185 Å². The molecule has 0 radical (unpaired) electrons. The van der Waals surface area contributed by atoms with Crippen molar-refractivity contribution in [2.45, 2.75) is 25.7 Å². The Kier molecular flexibility index (Phi) is 5.21. The molecule has 5 rings (SSSR count). The third-order valence-corrected chi connectivity index (χ3v) is 6.62. The Morgan fingerprint density at radius 2 is 1.59 bits per heavy atom. The number of benzene rings is 2. The van der Waals surface area contributed by atoms with Crippen molar-refractivity contribution in [3.8, 4) is 11.1 Å². The van der Waals surface area contributed by atoms with E-state index in [0.29, 0.717) is 18.4 Å². The first-order valence-electron chi connectivity index (χ1n) is 10.9. The summed E-state index contributed by atoms with van der Waals surface area (Å²) in [5.41, 5.74) is 5.08. The van der Waals surface area contributed by atoms with Crippen LogP contribution in [-0.4, -0.2) is 41.6 Å². The fourth-order valence-corrected chi connectivity index (χ4v) is 4.89. The Hall–Kier alpha value is -3.54. The number of amides is 2. The molecule has 2 aliphatic carbocycles. The Bertz CT molecular complexity index is 1140. The maximum atomic E-state index is 12.6. The number of likely N-dealkylation sites (tertiary alicyclic amines) is 1. The molecule has 0 spiro atoms. The molecule has 2 amide bonds. The van der Waals surface area contributed by atoms with Crippen LogP contribution in [0.15, 0.2) is 54.6 Å². The summed E-state index contributed by atoms with van der Waals surface area (Å²) < 4.78 is 5.15. The second-order valence-electron chi connectivity index (χ2n) is 8.52. The molecule has 6 heteroatoms. The topological polar surface area (TPSA) is 80.8 Å². The molecule has 2 aromatic rings. The molecule has 0 aromatic heterocycles. The number of fused-ring (bicyclic) bond motifs is 4. The van der Waals surface area contributed by atoms with Crippen LogP contribution in [0.4, 0.5) is 0 Å². The van der Waals surface area contributed by atoms with E-state index in [2.05, 4.69) is 6.07 Å². The molecule has 3 aliphatic rings. The molecule has 0 N–H and O–H groups in total. The molecule has 0 unspecified atom stereocenters. The number of hydrogen-bond donors (Lipinski definition) is 0. The lowest BCUT2D eigenvalue weighted by atomic mass is 9.85. The summed E-state index contributed by atoms with van der Waals surface area (Å²) in [5.74, 6) is -1.93. The third kappa shape index (κ3) is 3.55. The zero-order valence-electron chi connectivity index (χ0n) is 17.6. The van der Waals surface area contributed by atoms with Gasteiger partial charge in [-0.1, -0.05) is 48.6 Å². The number of esters is 1. The Morgan fingerprint density at radius 3 is 2.34 bits per heavy atom. The van der Waals surface area contributed by atoms with Gasteiger partial charge in [-0.05, 0) is 47.6 Å². The van der Waals surface area contributed by atoms with Crippen LogP contribution >= 0.6 is 0 Å². The van der Waals surface area contributed by atoms with E-state index in [0.717, 1.165) is 17.5 Å². The van der Waals surface area contributed by atoms with E-state index in [1.807, 2.05) is 42.5 Å². The molecule has 2 aromatic carbocycles. The van der Waals surface area contributed by atoms with Gasteiger partial charge < -0.3 is 4.74 Å². The van der Waals surface area contributed by atoms with Crippen LogP contribution in [0.5, 0.6) is 0 Å². The monoisotopic (exact) mass is 429 g/mol. The first-order chi connectivity index (χ1) is 15.5. The van der Waals surface area contributed by atoms with Gasteiger partial charge in [0.1, 0.15) is 0 Å². The molecule has 1 heterocycles. The van der Waals surface area contributed by atoms with Crippen LogP contribution in [-0.2, 0) is 25.5 Å². The van der Waals surface area contributed by atoms with Gasteiger partial charge >= 0.3 is 5.97 Å². The minimum atomic E-state index is -0.599. The minimum absolute atomic E-state index is 0.00663. The van der Waals surface area contributed by atoms with Gasteiger partial charge in [0, 0.05) is 12.1 Å². The fraction of sp³-hybridized carbons (Fsp3) is 0.308. The SMILES string of the molecule is O=C(CCN1C(=O)[C@H]2CC=CC[C@H]2C1=O)OCC(=O)c1ccc2c(c1)-c1ccccc1C2. The standard InChI is InChI=1S/C26H23NO5/c28-23(18-10-9-17-13-16-5-1-2-6-19(16)22(17)14-18)15-32-24(29)11-12-27-25(30)20-7-3-4-8-21(20)26(27)31/h1-6,9-10,14,20-21H,7-8,11-13,15H2/t20-,21+.